The molecule has 4 nitrogen and oxygen atoms in total. The zero-order valence-corrected chi connectivity index (χ0v) is 14.2. The van der Waals surface area contributed by atoms with Crippen LogP contribution < -0.4 is 0 Å². The van der Waals surface area contributed by atoms with Gasteiger partial charge in [0.2, 0.25) is 0 Å². The summed E-state index contributed by atoms with van der Waals surface area (Å²) in [5.74, 6) is 0.917. The van der Waals surface area contributed by atoms with E-state index in [4.69, 9.17) is 23.2 Å². The largest absolute Gasteiger partial charge is 0.347 e. The Hall–Kier alpha value is -2.30. The number of nitrogens with one attached hydrogen (secondary N) is 1. The Morgan fingerprint density at radius 3 is 2.58 bits per heavy atom. The number of aromatic amines is 1. The Morgan fingerprint density at radius 1 is 1.00 bits per heavy atom. The van der Waals surface area contributed by atoms with Crippen LogP contribution in [0.15, 0.2) is 55.1 Å². The molecule has 4 rings (SSSR count). The maximum atomic E-state index is 6.30. The van der Waals surface area contributed by atoms with E-state index in [-0.39, 0.29) is 0 Å². The summed E-state index contributed by atoms with van der Waals surface area (Å²) in [7, 11) is 0. The molecule has 0 fully saturated rings. The first-order valence-corrected chi connectivity index (χ1v) is 8.32. The predicted octanol–water partition coefficient (Wildman–Crippen LogP) is 4.71. The van der Waals surface area contributed by atoms with Crippen LogP contribution in [0, 0.1) is 0 Å². The number of rotatable bonds is 4. The molecule has 0 aliphatic carbocycles. The molecule has 0 aliphatic rings. The van der Waals surface area contributed by atoms with Crippen LogP contribution >= 0.6 is 23.2 Å². The molecule has 0 spiro atoms. The molecule has 4 aromatic rings. The maximum Gasteiger partial charge on any atom is 0.126 e. The minimum absolute atomic E-state index is 0.598. The second kappa shape index (κ2) is 6.30. The number of hydrogen-bond donors (Lipinski definition) is 1. The summed E-state index contributed by atoms with van der Waals surface area (Å²) in [6.07, 6.45) is 8.05. The highest BCUT2D eigenvalue weighted by Gasteiger charge is 2.12. The lowest BCUT2D eigenvalue weighted by Crippen LogP contribution is -2.00. The van der Waals surface area contributed by atoms with Gasteiger partial charge in [0.25, 0.3) is 0 Å². The first-order chi connectivity index (χ1) is 11.7. The van der Waals surface area contributed by atoms with E-state index in [0.29, 0.717) is 23.0 Å². The fraction of sp³-hybridized carbons (Fsp3) is 0.111. The Bertz CT molecular complexity index is 969. The van der Waals surface area contributed by atoms with Crippen LogP contribution in [0.3, 0.4) is 0 Å². The molecule has 0 radical (unpaired) electrons. The monoisotopic (exact) mass is 356 g/mol. The van der Waals surface area contributed by atoms with Gasteiger partial charge in [-0.3, -0.25) is 4.98 Å². The molecule has 0 aliphatic heterocycles. The van der Waals surface area contributed by atoms with Crippen molar-refractivity contribution in [3.63, 3.8) is 0 Å². The predicted molar refractivity (Wildman–Crippen MR) is 96.7 cm³/mol. The van der Waals surface area contributed by atoms with Crippen molar-refractivity contribution in [2.45, 2.75) is 13.0 Å². The standard InChI is InChI=1S/C18H14Cl2N4/c19-14-2-1-3-15(20)13(14)10-16-12-5-9-24(17(12)4-6-21-16)11-18-22-7-8-23-18/h1-9H,10-11H2,(H,22,23). The molecule has 1 N–H and O–H groups in total. The third-order valence-corrected chi connectivity index (χ3v) is 4.77. The molecule has 0 bridgehead atoms. The Balaban J connectivity index is 1.73. The van der Waals surface area contributed by atoms with Crippen molar-refractivity contribution in [3.8, 4) is 0 Å². The highest BCUT2D eigenvalue weighted by molar-refractivity contribution is 6.36. The van der Waals surface area contributed by atoms with Crippen molar-refractivity contribution in [2.24, 2.45) is 0 Å². The molecule has 6 heteroatoms. The Morgan fingerprint density at radius 2 is 1.83 bits per heavy atom. The number of fused-ring (bicyclic) bond motifs is 1. The second-order valence-electron chi connectivity index (χ2n) is 5.55. The van der Waals surface area contributed by atoms with Gasteiger partial charge in [-0.05, 0) is 29.8 Å². The summed E-state index contributed by atoms with van der Waals surface area (Å²) in [4.78, 5) is 12.0. The van der Waals surface area contributed by atoms with E-state index in [9.17, 15) is 0 Å². The van der Waals surface area contributed by atoms with Crippen LogP contribution in [0.2, 0.25) is 10.0 Å². The van der Waals surface area contributed by atoms with E-state index in [0.717, 1.165) is 28.0 Å². The molecule has 0 saturated heterocycles. The molecule has 0 unspecified atom stereocenters. The Labute approximate surface area is 149 Å². The van der Waals surface area contributed by atoms with Crippen molar-refractivity contribution >= 4 is 34.1 Å². The molecule has 3 heterocycles. The zero-order chi connectivity index (χ0) is 16.5. The molecule has 120 valence electrons. The molecular formula is C18H14Cl2N4. The van der Waals surface area contributed by atoms with Gasteiger partial charge >= 0.3 is 0 Å². The minimum Gasteiger partial charge on any atom is -0.347 e. The zero-order valence-electron chi connectivity index (χ0n) is 12.7. The third kappa shape index (κ3) is 2.79. The van der Waals surface area contributed by atoms with Crippen molar-refractivity contribution in [1.29, 1.82) is 0 Å². The lowest BCUT2D eigenvalue weighted by Gasteiger charge is -2.08. The summed E-state index contributed by atoms with van der Waals surface area (Å²) in [5.41, 5.74) is 2.97. The van der Waals surface area contributed by atoms with Gasteiger partial charge < -0.3 is 9.55 Å². The fourth-order valence-corrected chi connectivity index (χ4v) is 3.41. The van der Waals surface area contributed by atoms with Crippen LogP contribution in [-0.4, -0.2) is 19.5 Å². The summed E-state index contributed by atoms with van der Waals surface area (Å²) in [5, 5.41) is 2.42. The van der Waals surface area contributed by atoms with Gasteiger partial charge in [-0.25, -0.2) is 4.98 Å². The lowest BCUT2D eigenvalue weighted by molar-refractivity contribution is 0.786. The van der Waals surface area contributed by atoms with E-state index >= 15 is 0 Å². The van der Waals surface area contributed by atoms with Crippen molar-refractivity contribution in [1.82, 2.24) is 19.5 Å². The van der Waals surface area contributed by atoms with E-state index in [2.05, 4.69) is 25.6 Å². The van der Waals surface area contributed by atoms with Gasteiger partial charge in [-0.15, -0.1) is 0 Å². The molecule has 0 atom stereocenters. The SMILES string of the molecule is Clc1cccc(Cl)c1Cc1nccc2c1ccn2Cc1ncc[nH]1. The summed E-state index contributed by atoms with van der Waals surface area (Å²) in [6, 6.07) is 9.64. The van der Waals surface area contributed by atoms with Gasteiger partial charge in [0.1, 0.15) is 5.82 Å². The molecule has 3 aromatic heterocycles. The molecule has 24 heavy (non-hydrogen) atoms. The number of pyridine rings is 1. The van der Waals surface area contributed by atoms with Crippen molar-refractivity contribution in [2.75, 3.05) is 0 Å². The number of H-pyrrole nitrogens is 1. The van der Waals surface area contributed by atoms with Crippen LogP contribution in [0.5, 0.6) is 0 Å². The van der Waals surface area contributed by atoms with Gasteiger partial charge in [0.05, 0.1) is 17.8 Å². The average Bonchev–Trinajstić information content (AvgIpc) is 3.22. The highest BCUT2D eigenvalue weighted by Crippen LogP contribution is 2.29. The lowest BCUT2D eigenvalue weighted by atomic mass is 10.1. The Kier molecular flexibility index (Phi) is 4.00. The number of aromatic nitrogens is 4. The quantitative estimate of drug-likeness (QED) is 0.575. The molecular weight excluding hydrogens is 343 g/mol. The summed E-state index contributed by atoms with van der Waals surface area (Å²) < 4.78 is 2.15. The molecule has 0 saturated carbocycles. The van der Waals surface area contributed by atoms with Gasteiger partial charge in [-0.1, -0.05) is 29.3 Å². The molecule has 0 amide bonds. The van der Waals surface area contributed by atoms with Gasteiger partial charge in [0, 0.05) is 46.6 Å². The smallest absolute Gasteiger partial charge is 0.126 e. The summed E-state index contributed by atoms with van der Waals surface area (Å²) in [6.45, 7) is 0.687. The molecule has 1 aromatic carbocycles. The van der Waals surface area contributed by atoms with Crippen LogP contribution in [-0.2, 0) is 13.0 Å². The maximum absolute atomic E-state index is 6.30. The van der Waals surface area contributed by atoms with Gasteiger partial charge in [0.15, 0.2) is 0 Å². The normalized spacial score (nSPS) is 11.2. The van der Waals surface area contributed by atoms with Crippen LogP contribution in [0.4, 0.5) is 0 Å². The number of benzene rings is 1. The van der Waals surface area contributed by atoms with Crippen molar-refractivity contribution < 1.29 is 0 Å². The number of nitrogens with zero attached hydrogens (tertiary/aromatic N) is 3. The first-order valence-electron chi connectivity index (χ1n) is 7.56. The topological polar surface area (TPSA) is 46.5 Å². The minimum atomic E-state index is 0.598. The van der Waals surface area contributed by atoms with E-state index in [1.165, 1.54) is 0 Å². The van der Waals surface area contributed by atoms with Crippen LogP contribution in [0.25, 0.3) is 10.9 Å². The van der Waals surface area contributed by atoms with Crippen molar-refractivity contribution in [3.05, 3.63) is 82.2 Å². The average molecular weight is 357 g/mol. The van der Waals surface area contributed by atoms with E-state index in [1.807, 2.05) is 42.9 Å². The van der Waals surface area contributed by atoms with E-state index in [1.54, 1.807) is 6.20 Å². The van der Waals surface area contributed by atoms with Crippen LogP contribution in [0.1, 0.15) is 17.1 Å². The second-order valence-corrected chi connectivity index (χ2v) is 6.36. The number of hydrogen-bond acceptors (Lipinski definition) is 2. The number of imidazole rings is 1. The van der Waals surface area contributed by atoms with Gasteiger partial charge in [-0.2, -0.15) is 0 Å². The van der Waals surface area contributed by atoms with E-state index < -0.39 is 0 Å². The summed E-state index contributed by atoms with van der Waals surface area (Å²) >= 11 is 12.6. The first kappa shape index (κ1) is 15.2. The number of halogens is 2. The fourth-order valence-electron chi connectivity index (χ4n) is 2.88. The highest BCUT2D eigenvalue weighted by atomic mass is 35.5. The third-order valence-electron chi connectivity index (χ3n) is 4.06.